The molecule has 4 aromatic rings. The first-order valence-corrected chi connectivity index (χ1v) is 12.8. The van der Waals surface area contributed by atoms with Crippen LogP contribution in [0.4, 0.5) is 11.4 Å². The number of thiocarbonyl (C=S) groups is 1. The molecule has 0 bridgehead atoms. The summed E-state index contributed by atoms with van der Waals surface area (Å²) in [6.07, 6.45) is 5.70. The molecule has 0 unspecified atom stereocenters. The summed E-state index contributed by atoms with van der Waals surface area (Å²) in [5.41, 5.74) is 5.72. The quantitative estimate of drug-likeness (QED) is 0.324. The van der Waals surface area contributed by atoms with Crippen molar-refractivity contribution >= 4 is 34.6 Å². The number of pyridine rings is 2. The van der Waals surface area contributed by atoms with Gasteiger partial charge >= 0.3 is 0 Å². The van der Waals surface area contributed by atoms with Gasteiger partial charge in [-0.3, -0.25) is 14.8 Å². The maximum atomic E-state index is 12.3. The fourth-order valence-electron chi connectivity index (χ4n) is 4.65. The van der Waals surface area contributed by atoms with Crippen molar-refractivity contribution in [3.63, 3.8) is 0 Å². The van der Waals surface area contributed by atoms with E-state index in [1.807, 2.05) is 81.7 Å². The molecule has 1 saturated heterocycles. The Hall–Kier alpha value is -4.04. The topological polar surface area (TPSA) is 75.1 Å². The summed E-state index contributed by atoms with van der Waals surface area (Å²) in [4.78, 5) is 23.6. The van der Waals surface area contributed by atoms with Gasteiger partial charge in [0, 0.05) is 41.6 Å². The molecular formula is C29H30N6OS. The Morgan fingerprint density at radius 3 is 2.51 bits per heavy atom. The Morgan fingerprint density at radius 1 is 1.05 bits per heavy atom. The predicted molar refractivity (Wildman–Crippen MR) is 150 cm³/mol. The van der Waals surface area contributed by atoms with Gasteiger partial charge in [-0.15, -0.1) is 0 Å². The number of nitrogens with zero attached hydrogens (tertiary/aromatic N) is 4. The number of rotatable bonds is 7. The number of nitrogens with one attached hydrogen (secondary N) is 2. The lowest BCUT2D eigenvalue weighted by atomic mass is 10.0. The van der Waals surface area contributed by atoms with Gasteiger partial charge in [-0.2, -0.15) is 0 Å². The third kappa shape index (κ3) is 5.11. The van der Waals surface area contributed by atoms with Crippen molar-refractivity contribution in [2.75, 3.05) is 10.2 Å². The SMILES string of the molecule is Cc1cc(N2C(=S)N[C@@H](c3ccccn3)[C@@H]2c2cccn2Cc2ccccn2)ccc1NC(=O)C(C)C. The normalized spacial score (nSPS) is 17.2. The average Bonchev–Trinajstić information content (AvgIpc) is 3.49. The molecule has 37 heavy (non-hydrogen) atoms. The monoisotopic (exact) mass is 510 g/mol. The number of hydrogen-bond donors (Lipinski definition) is 2. The molecule has 1 amide bonds. The van der Waals surface area contributed by atoms with Crippen LogP contribution in [-0.4, -0.2) is 25.6 Å². The fourth-order valence-corrected chi connectivity index (χ4v) is 5.00. The van der Waals surface area contributed by atoms with E-state index in [9.17, 15) is 4.79 Å². The fraction of sp³-hybridized carbons (Fsp3) is 0.241. The summed E-state index contributed by atoms with van der Waals surface area (Å²) in [5.74, 6) is -0.0977. The smallest absolute Gasteiger partial charge is 0.226 e. The predicted octanol–water partition coefficient (Wildman–Crippen LogP) is 5.41. The van der Waals surface area contributed by atoms with Crippen LogP contribution in [0.25, 0.3) is 0 Å². The number of anilines is 2. The highest BCUT2D eigenvalue weighted by Gasteiger charge is 2.42. The first-order valence-electron chi connectivity index (χ1n) is 12.4. The summed E-state index contributed by atoms with van der Waals surface area (Å²) in [7, 11) is 0. The summed E-state index contributed by atoms with van der Waals surface area (Å²) in [6, 6.07) is 21.8. The third-order valence-corrected chi connectivity index (χ3v) is 6.91. The highest BCUT2D eigenvalue weighted by atomic mass is 32.1. The summed E-state index contributed by atoms with van der Waals surface area (Å²) in [6.45, 7) is 6.42. The minimum absolute atomic E-state index is 0.00495. The first-order chi connectivity index (χ1) is 17.9. The van der Waals surface area contributed by atoms with Gasteiger partial charge in [0.1, 0.15) is 6.04 Å². The van der Waals surface area contributed by atoms with Crippen molar-refractivity contribution in [1.29, 1.82) is 0 Å². The number of benzene rings is 1. The van der Waals surface area contributed by atoms with Crippen LogP contribution in [-0.2, 0) is 11.3 Å². The second kappa shape index (κ2) is 10.5. The number of hydrogen-bond acceptors (Lipinski definition) is 4. The molecule has 1 aromatic carbocycles. The lowest BCUT2D eigenvalue weighted by Gasteiger charge is -2.29. The maximum absolute atomic E-state index is 12.3. The maximum Gasteiger partial charge on any atom is 0.226 e. The third-order valence-electron chi connectivity index (χ3n) is 6.59. The molecule has 4 heterocycles. The van der Waals surface area contributed by atoms with Gasteiger partial charge in [-0.05, 0) is 79.3 Å². The molecule has 1 fully saturated rings. The minimum atomic E-state index is -0.147. The van der Waals surface area contributed by atoms with Gasteiger partial charge in [0.2, 0.25) is 5.91 Å². The highest BCUT2D eigenvalue weighted by Crippen LogP contribution is 2.42. The van der Waals surface area contributed by atoms with Crippen molar-refractivity contribution in [2.45, 2.75) is 39.4 Å². The Morgan fingerprint density at radius 2 is 1.84 bits per heavy atom. The number of aromatic nitrogens is 3. The summed E-state index contributed by atoms with van der Waals surface area (Å²) < 4.78 is 2.22. The average molecular weight is 511 g/mol. The van der Waals surface area contributed by atoms with Crippen molar-refractivity contribution in [3.8, 4) is 0 Å². The molecule has 2 N–H and O–H groups in total. The van der Waals surface area contributed by atoms with Crippen LogP contribution >= 0.6 is 12.2 Å². The zero-order chi connectivity index (χ0) is 25.9. The second-order valence-electron chi connectivity index (χ2n) is 9.52. The van der Waals surface area contributed by atoms with Crippen LogP contribution in [0.5, 0.6) is 0 Å². The van der Waals surface area contributed by atoms with Crippen LogP contribution in [0.1, 0.15) is 48.6 Å². The van der Waals surface area contributed by atoms with Crippen molar-refractivity contribution in [1.82, 2.24) is 19.9 Å². The largest absolute Gasteiger partial charge is 0.351 e. The van der Waals surface area contributed by atoms with Crippen molar-refractivity contribution in [2.24, 2.45) is 5.92 Å². The molecule has 7 nitrogen and oxygen atoms in total. The van der Waals surface area contributed by atoms with E-state index in [-0.39, 0.29) is 23.9 Å². The van der Waals surface area contributed by atoms with E-state index in [0.717, 1.165) is 34.0 Å². The van der Waals surface area contributed by atoms with Crippen molar-refractivity contribution < 1.29 is 4.79 Å². The molecule has 3 aromatic heterocycles. The lowest BCUT2D eigenvalue weighted by molar-refractivity contribution is -0.118. The van der Waals surface area contributed by atoms with E-state index >= 15 is 0 Å². The van der Waals surface area contributed by atoms with E-state index in [2.05, 4.69) is 54.5 Å². The van der Waals surface area contributed by atoms with Gasteiger partial charge in [0.15, 0.2) is 5.11 Å². The van der Waals surface area contributed by atoms with E-state index in [1.165, 1.54) is 0 Å². The Kier molecular flexibility index (Phi) is 7.01. The Balaban J connectivity index is 1.55. The molecule has 2 atom stereocenters. The zero-order valence-electron chi connectivity index (χ0n) is 21.1. The van der Waals surface area contributed by atoms with Crippen LogP contribution in [0.2, 0.25) is 0 Å². The van der Waals surface area contributed by atoms with E-state index in [0.29, 0.717) is 11.7 Å². The number of carbonyl (C=O) groups excluding carboxylic acids is 1. The molecule has 8 heteroatoms. The molecule has 0 aliphatic carbocycles. The Labute approximate surface area is 222 Å². The lowest BCUT2D eigenvalue weighted by Crippen LogP contribution is -2.30. The standard InChI is InChI=1S/C29H30N6OS/c1-19(2)28(36)32-23-13-12-22(17-20(23)3)35-27(26(33-29(35)37)24-10-5-7-15-31-24)25-11-8-16-34(25)18-21-9-4-6-14-30-21/h4-17,19,26-27H,18H2,1-3H3,(H,32,36)(H,33,37)/t26-,27-/m0/s1. The zero-order valence-corrected chi connectivity index (χ0v) is 21.9. The number of carbonyl (C=O) groups is 1. The molecule has 0 spiro atoms. The molecule has 5 rings (SSSR count). The number of aryl methyl sites for hydroxylation is 1. The van der Waals surface area contributed by atoms with Gasteiger partial charge < -0.3 is 20.1 Å². The molecule has 0 radical (unpaired) electrons. The molecule has 188 valence electrons. The minimum Gasteiger partial charge on any atom is -0.351 e. The Bertz CT molecular complexity index is 1400. The summed E-state index contributed by atoms with van der Waals surface area (Å²) >= 11 is 5.90. The van der Waals surface area contributed by atoms with Gasteiger partial charge in [-0.1, -0.05) is 26.0 Å². The van der Waals surface area contributed by atoms with Gasteiger partial charge in [0.05, 0.1) is 24.0 Å². The van der Waals surface area contributed by atoms with Crippen LogP contribution < -0.4 is 15.5 Å². The molecular weight excluding hydrogens is 480 g/mol. The summed E-state index contributed by atoms with van der Waals surface area (Å²) in [5, 5.41) is 7.18. The van der Waals surface area contributed by atoms with Gasteiger partial charge in [0.25, 0.3) is 0 Å². The van der Waals surface area contributed by atoms with Gasteiger partial charge in [-0.25, -0.2) is 0 Å². The van der Waals surface area contributed by atoms with E-state index in [4.69, 9.17) is 12.2 Å². The van der Waals surface area contributed by atoms with E-state index in [1.54, 1.807) is 0 Å². The number of amides is 1. The second-order valence-corrected chi connectivity index (χ2v) is 9.91. The highest BCUT2D eigenvalue weighted by molar-refractivity contribution is 7.80. The molecule has 1 aliphatic heterocycles. The van der Waals surface area contributed by atoms with E-state index < -0.39 is 0 Å². The van der Waals surface area contributed by atoms with Crippen LogP contribution in [0.3, 0.4) is 0 Å². The van der Waals surface area contributed by atoms with Crippen LogP contribution in [0.15, 0.2) is 85.3 Å². The van der Waals surface area contributed by atoms with Crippen LogP contribution in [0, 0.1) is 12.8 Å². The van der Waals surface area contributed by atoms with Crippen molar-refractivity contribution in [3.05, 3.63) is 108 Å². The molecule has 0 saturated carbocycles. The molecule has 1 aliphatic rings. The first kappa shape index (κ1) is 24.6.